The van der Waals surface area contributed by atoms with Crippen molar-refractivity contribution in [3.05, 3.63) is 29.0 Å². The lowest BCUT2D eigenvalue weighted by molar-refractivity contribution is 1.05. The van der Waals surface area contributed by atoms with Crippen molar-refractivity contribution in [3.63, 3.8) is 0 Å². The molecule has 0 atom stereocenters. The van der Waals surface area contributed by atoms with Crippen LogP contribution in [0.25, 0.3) is 0 Å². The van der Waals surface area contributed by atoms with Crippen LogP contribution in [0.4, 0.5) is 0 Å². The van der Waals surface area contributed by atoms with E-state index < -0.39 is 6.50 Å². The first kappa shape index (κ1) is 4.25. The lowest BCUT2D eigenvalue weighted by Crippen LogP contribution is -1.97. The Hall–Kier alpha value is -0.600. The molecule has 0 aliphatic carbocycles. The van der Waals surface area contributed by atoms with Crippen LogP contribution >= 0.6 is 11.6 Å². The van der Waals surface area contributed by atoms with Gasteiger partial charge in [0.05, 0.1) is 0 Å². The van der Waals surface area contributed by atoms with Crippen LogP contribution in [0, 0.1) is 0 Å². The van der Waals surface area contributed by atoms with Crippen LogP contribution in [0.3, 0.4) is 0 Å². The fourth-order valence-corrected chi connectivity index (χ4v) is 0.668. The summed E-state index contributed by atoms with van der Waals surface area (Å²) in [6, 6.07) is 3.10. The summed E-state index contributed by atoms with van der Waals surface area (Å²) in [4.78, 5) is 3.69. The van der Waals surface area contributed by atoms with Gasteiger partial charge in [0, 0.05) is 21.0 Å². The third-order valence-electron chi connectivity index (χ3n) is 0.915. The van der Waals surface area contributed by atoms with Gasteiger partial charge in [-0.2, -0.15) is 0 Å². The van der Waals surface area contributed by atoms with Gasteiger partial charge in [0.25, 0.3) is 0 Å². The molecule has 0 amide bonds. The SMILES string of the molecule is [2H]C([2H])(N)c1cccnc1Cl. The van der Waals surface area contributed by atoms with Crippen molar-refractivity contribution in [2.75, 3.05) is 0 Å². The van der Waals surface area contributed by atoms with E-state index in [1.54, 1.807) is 6.07 Å². The van der Waals surface area contributed by atoms with Gasteiger partial charge in [0.1, 0.15) is 5.15 Å². The Morgan fingerprint density at radius 2 is 2.67 bits per heavy atom. The molecule has 0 fully saturated rings. The van der Waals surface area contributed by atoms with Crippen molar-refractivity contribution >= 4 is 11.6 Å². The number of nitrogens with two attached hydrogens (primary N) is 1. The van der Waals surface area contributed by atoms with Crippen molar-refractivity contribution in [1.29, 1.82) is 0 Å². The first-order chi connectivity index (χ1) is 5.02. The Balaban J connectivity index is 3.14. The van der Waals surface area contributed by atoms with Gasteiger partial charge in [0.15, 0.2) is 0 Å². The lowest BCUT2D eigenvalue weighted by atomic mass is 10.3. The van der Waals surface area contributed by atoms with Crippen molar-refractivity contribution < 1.29 is 2.74 Å². The molecule has 1 aromatic rings. The Bertz CT molecular complexity index is 259. The molecule has 2 nitrogen and oxygen atoms in total. The van der Waals surface area contributed by atoms with Crippen LogP contribution in [0.5, 0.6) is 0 Å². The normalized spacial score (nSPS) is 14.4. The summed E-state index contributed by atoms with van der Waals surface area (Å²) < 4.78 is 14.3. The quantitative estimate of drug-likeness (QED) is 0.602. The van der Waals surface area contributed by atoms with E-state index in [2.05, 4.69) is 4.98 Å². The van der Waals surface area contributed by atoms with Gasteiger partial charge >= 0.3 is 0 Å². The maximum Gasteiger partial charge on any atom is 0.133 e. The third kappa shape index (κ3) is 1.40. The third-order valence-corrected chi connectivity index (χ3v) is 1.22. The number of pyridine rings is 1. The average Bonchev–Trinajstić information content (AvgIpc) is 1.86. The van der Waals surface area contributed by atoms with Gasteiger partial charge in [-0.05, 0) is 6.07 Å². The number of aromatic nitrogens is 1. The monoisotopic (exact) mass is 144 g/mol. The molecule has 0 unspecified atom stereocenters. The summed E-state index contributed by atoms with van der Waals surface area (Å²) in [7, 11) is 0. The molecule has 48 valence electrons. The topological polar surface area (TPSA) is 38.9 Å². The smallest absolute Gasteiger partial charge is 0.133 e. The van der Waals surface area contributed by atoms with Crippen LogP contribution in [0.15, 0.2) is 18.3 Å². The fraction of sp³-hybridized carbons (Fsp3) is 0.167. The summed E-state index contributed by atoms with van der Waals surface area (Å²) >= 11 is 5.58. The van der Waals surface area contributed by atoms with Crippen molar-refractivity contribution in [1.82, 2.24) is 4.98 Å². The van der Waals surface area contributed by atoms with E-state index in [1.807, 2.05) is 0 Å². The summed E-state index contributed by atoms with van der Waals surface area (Å²) in [5.41, 5.74) is 5.38. The summed E-state index contributed by atoms with van der Waals surface area (Å²) in [5.74, 6) is 0. The van der Waals surface area contributed by atoms with Crippen LogP contribution in [-0.4, -0.2) is 4.98 Å². The molecule has 3 heteroatoms. The van der Waals surface area contributed by atoms with Crippen LogP contribution in [-0.2, 0) is 6.50 Å². The standard InChI is InChI=1S/C6H7ClN2/c7-6-5(4-8)2-1-3-9-6/h1-3H,4,8H2/i4D2. The minimum absolute atomic E-state index is 0.111. The second kappa shape index (κ2) is 2.80. The van der Waals surface area contributed by atoms with Gasteiger partial charge in [-0.1, -0.05) is 17.7 Å². The zero-order valence-electron chi connectivity index (χ0n) is 6.63. The number of nitrogens with zero attached hydrogens (tertiary/aromatic N) is 1. The second-order valence-electron chi connectivity index (χ2n) is 1.49. The highest BCUT2D eigenvalue weighted by Crippen LogP contribution is 2.09. The second-order valence-corrected chi connectivity index (χ2v) is 1.84. The molecule has 1 aromatic heterocycles. The predicted octanol–water partition coefficient (Wildman–Crippen LogP) is 1.19. The number of halogens is 1. The Kier molecular flexibility index (Phi) is 1.32. The molecule has 0 saturated heterocycles. The van der Waals surface area contributed by atoms with Crippen molar-refractivity contribution in [3.8, 4) is 0 Å². The van der Waals surface area contributed by atoms with Crippen molar-refractivity contribution in [2.45, 2.75) is 6.50 Å². The van der Waals surface area contributed by atoms with E-state index in [0.717, 1.165) is 0 Å². The lowest BCUT2D eigenvalue weighted by Gasteiger charge is -1.95. The average molecular weight is 145 g/mol. The Morgan fingerprint density at radius 1 is 1.89 bits per heavy atom. The van der Waals surface area contributed by atoms with E-state index in [4.69, 9.17) is 20.1 Å². The zero-order chi connectivity index (χ0) is 8.48. The molecule has 9 heavy (non-hydrogen) atoms. The van der Waals surface area contributed by atoms with Crippen LogP contribution < -0.4 is 5.73 Å². The molecule has 0 spiro atoms. The summed E-state index contributed by atoms with van der Waals surface area (Å²) in [6.07, 6.45) is 1.48. The maximum atomic E-state index is 7.13. The van der Waals surface area contributed by atoms with Crippen LogP contribution in [0.2, 0.25) is 5.15 Å². The van der Waals surface area contributed by atoms with Gasteiger partial charge in [-0.15, -0.1) is 0 Å². The van der Waals surface area contributed by atoms with E-state index in [9.17, 15) is 0 Å². The largest absolute Gasteiger partial charge is 0.326 e. The molecule has 0 aliphatic heterocycles. The number of hydrogen-bond donors (Lipinski definition) is 1. The Morgan fingerprint density at radius 3 is 3.11 bits per heavy atom. The van der Waals surface area contributed by atoms with E-state index in [1.165, 1.54) is 12.3 Å². The predicted molar refractivity (Wildman–Crippen MR) is 37.1 cm³/mol. The van der Waals surface area contributed by atoms with Crippen LogP contribution in [0.1, 0.15) is 8.30 Å². The van der Waals surface area contributed by atoms with Gasteiger partial charge < -0.3 is 5.73 Å². The highest BCUT2D eigenvalue weighted by Gasteiger charge is 1.93. The minimum atomic E-state index is -1.91. The molecule has 0 aliphatic rings. The summed E-state index contributed by atoms with van der Waals surface area (Å²) in [5, 5.41) is 0.111. The van der Waals surface area contributed by atoms with Gasteiger partial charge in [-0.3, -0.25) is 0 Å². The molecule has 0 radical (unpaired) electrons. The number of rotatable bonds is 1. The molecule has 2 N–H and O–H groups in total. The molecule has 1 heterocycles. The molecule has 1 rings (SSSR count). The number of hydrogen-bond acceptors (Lipinski definition) is 2. The Labute approximate surface area is 61.5 Å². The van der Waals surface area contributed by atoms with E-state index in [0.29, 0.717) is 0 Å². The molecule has 0 bridgehead atoms. The van der Waals surface area contributed by atoms with E-state index in [-0.39, 0.29) is 10.7 Å². The van der Waals surface area contributed by atoms with Gasteiger partial charge in [0.2, 0.25) is 0 Å². The zero-order valence-corrected chi connectivity index (χ0v) is 5.39. The van der Waals surface area contributed by atoms with E-state index >= 15 is 0 Å². The fourth-order valence-electron chi connectivity index (χ4n) is 0.494. The molecule has 0 saturated carbocycles. The van der Waals surface area contributed by atoms with Crippen molar-refractivity contribution in [2.24, 2.45) is 5.73 Å². The summed E-state index contributed by atoms with van der Waals surface area (Å²) in [6.45, 7) is -1.91. The molecular weight excluding hydrogens is 136 g/mol. The molecule has 0 aromatic carbocycles. The first-order valence-corrected chi connectivity index (χ1v) is 2.79. The highest BCUT2D eigenvalue weighted by molar-refractivity contribution is 6.30. The minimum Gasteiger partial charge on any atom is -0.326 e. The van der Waals surface area contributed by atoms with Gasteiger partial charge in [-0.25, -0.2) is 4.98 Å². The maximum absolute atomic E-state index is 7.13. The first-order valence-electron chi connectivity index (χ1n) is 3.41. The highest BCUT2D eigenvalue weighted by atomic mass is 35.5. The molecular formula is C6H7ClN2.